The number of hydrazone groups is 1. The van der Waals surface area contributed by atoms with Crippen molar-refractivity contribution in [3.05, 3.63) is 82.9 Å². The third-order valence-corrected chi connectivity index (χ3v) is 5.64. The van der Waals surface area contributed by atoms with Gasteiger partial charge in [0.25, 0.3) is 0 Å². The van der Waals surface area contributed by atoms with Crippen LogP contribution < -0.4 is 9.47 Å². The Balaban J connectivity index is 1.64. The average Bonchev–Trinajstić information content (AvgIpc) is 3.20. The first-order valence-electron chi connectivity index (χ1n) is 9.83. The summed E-state index contributed by atoms with van der Waals surface area (Å²) in [5.41, 5.74) is 4.47. The fraction of sp³-hybridized carbons (Fsp3) is 0.208. The van der Waals surface area contributed by atoms with Gasteiger partial charge in [-0.15, -0.1) is 0 Å². The molecule has 2 aliphatic rings. The Morgan fingerprint density at radius 2 is 1.87 bits per heavy atom. The molecule has 3 aromatic carbocycles. The van der Waals surface area contributed by atoms with Crippen LogP contribution in [0.1, 0.15) is 40.9 Å². The van der Waals surface area contributed by atoms with Crippen molar-refractivity contribution >= 4 is 5.71 Å². The fourth-order valence-corrected chi connectivity index (χ4v) is 4.15. The quantitative estimate of drug-likeness (QED) is 0.667. The number of aryl methyl sites for hydroxylation is 1. The molecule has 3 aromatic rings. The lowest BCUT2D eigenvalue weighted by molar-refractivity contribution is -0.0209. The van der Waals surface area contributed by atoms with E-state index in [2.05, 4.69) is 0 Å². The first-order valence-corrected chi connectivity index (χ1v) is 9.83. The molecule has 0 saturated heterocycles. The summed E-state index contributed by atoms with van der Waals surface area (Å²) in [6.07, 6.45) is 0.152. The van der Waals surface area contributed by atoms with Gasteiger partial charge in [-0.2, -0.15) is 5.10 Å². The van der Waals surface area contributed by atoms with Gasteiger partial charge in [0, 0.05) is 23.1 Å². The molecule has 0 unspecified atom stereocenters. The van der Waals surface area contributed by atoms with E-state index in [-0.39, 0.29) is 17.5 Å². The lowest BCUT2D eigenvalue weighted by atomic mass is 9.94. The van der Waals surface area contributed by atoms with Crippen molar-refractivity contribution in [1.82, 2.24) is 5.01 Å². The van der Waals surface area contributed by atoms with Crippen molar-refractivity contribution in [3.8, 4) is 23.0 Å². The number of benzene rings is 3. The van der Waals surface area contributed by atoms with Crippen LogP contribution in [0.2, 0.25) is 0 Å². The minimum atomic E-state index is -0.483. The van der Waals surface area contributed by atoms with Crippen LogP contribution in [0.25, 0.3) is 0 Å². The van der Waals surface area contributed by atoms with Crippen LogP contribution in [0.3, 0.4) is 0 Å². The second-order valence-electron chi connectivity index (χ2n) is 7.61. The second-order valence-corrected chi connectivity index (χ2v) is 7.61. The Bertz CT molecular complexity index is 1140. The molecule has 2 N–H and O–H groups in total. The van der Waals surface area contributed by atoms with Gasteiger partial charge in [0.05, 0.1) is 18.9 Å². The van der Waals surface area contributed by atoms with E-state index in [1.165, 1.54) is 0 Å². The van der Waals surface area contributed by atoms with Gasteiger partial charge in [-0.05, 0) is 49.4 Å². The summed E-state index contributed by atoms with van der Waals surface area (Å²) in [5.74, 6) is 1.78. The molecule has 0 radical (unpaired) electrons. The predicted octanol–water partition coefficient (Wildman–Crippen LogP) is 4.66. The third-order valence-electron chi connectivity index (χ3n) is 5.64. The molecule has 0 aromatic heterocycles. The zero-order chi connectivity index (χ0) is 20.8. The standard InChI is InChI=1S/C24H22N2O4/c1-14-6-11-21(28)18(12-14)19-13-20-17-4-3-5-22(29-2)23(17)30-24(26(20)25-19)15-7-9-16(27)10-8-15/h3-12,20,24,27-28H,13H2,1-2H3/t20-,24+/m1/s1. The molecule has 0 saturated carbocycles. The molecule has 2 atom stereocenters. The minimum absolute atomic E-state index is 0.0578. The molecule has 6 heteroatoms. The number of rotatable bonds is 3. The van der Waals surface area contributed by atoms with Crippen molar-refractivity contribution in [2.24, 2.45) is 5.10 Å². The number of phenolic OH excluding ortho intramolecular Hbond substituents is 2. The maximum Gasteiger partial charge on any atom is 0.214 e. The molecule has 152 valence electrons. The summed E-state index contributed by atoms with van der Waals surface area (Å²) in [6.45, 7) is 1.99. The molecule has 0 fully saturated rings. The largest absolute Gasteiger partial charge is 0.508 e. The summed E-state index contributed by atoms with van der Waals surface area (Å²) < 4.78 is 11.9. The maximum atomic E-state index is 10.4. The Labute approximate surface area is 174 Å². The van der Waals surface area contributed by atoms with Gasteiger partial charge in [0.15, 0.2) is 11.5 Å². The number of ether oxygens (including phenoxy) is 2. The van der Waals surface area contributed by atoms with Crippen molar-refractivity contribution in [1.29, 1.82) is 0 Å². The topological polar surface area (TPSA) is 74.5 Å². The summed E-state index contributed by atoms with van der Waals surface area (Å²) in [4.78, 5) is 0. The van der Waals surface area contributed by atoms with Gasteiger partial charge < -0.3 is 19.7 Å². The van der Waals surface area contributed by atoms with Gasteiger partial charge in [-0.3, -0.25) is 0 Å². The lowest BCUT2D eigenvalue weighted by Crippen LogP contribution is -2.33. The van der Waals surface area contributed by atoms with Crippen LogP contribution in [0.15, 0.2) is 65.8 Å². The highest BCUT2D eigenvalue weighted by Crippen LogP contribution is 2.51. The average molecular weight is 402 g/mol. The number of methoxy groups -OCH3 is 1. The van der Waals surface area contributed by atoms with Crippen molar-refractivity contribution < 1.29 is 19.7 Å². The maximum absolute atomic E-state index is 10.4. The number of fused-ring (bicyclic) bond motifs is 3. The molecule has 0 bridgehead atoms. The first-order chi connectivity index (χ1) is 14.5. The molecule has 2 aliphatic heterocycles. The van der Waals surface area contributed by atoms with Gasteiger partial charge in [-0.25, -0.2) is 5.01 Å². The van der Waals surface area contributed by atoms with Crippen LogP contribution in [0.5, 0.6) is 23.0 Å². The normalized spacial score (nSPS) is 19.5. The summed E-state index contributed by atoms with van der Waals surface area (Å²) in [6, 6.07) is 18.3. The molecule has 6 nitrogen and oxygen atoms in total. The number of hydrogen-bond acceptors (Lipinski definition) is 6. The van der Waals surface area contributed by atoms with E-state index in [1.54, 1.807) is 25.3 Å². The molecule has 2 heterocycles. The van der Waals surface area contributed by atoms with E-state index >= 15 is 0 Å². The highest BCUT2D eigenvalue weighted by Gasteiger charge is 2.42. The van der Waals surface area contributed by atoms with Gasteiger partial charge >= 0.3 is 0 Å². The fourth-order valence-electron chi connectivity index (χ4n) is 4.15. The van der Waals surface area contributed by atoms with Crippen LogP contribution >= 0.6 is 0 Å². The van der Waals surface area contributed by atoms with Crippen molar-refractivity contribution in [3.63, 3.8) is 0 Å². The summed E-state index contributed by atoms with van der Waals surface area (Å²) >= 11 is 0. The summed E-state index contributed by atoms with van der Waals surface area (Å²) in [5, 5.41) is 27.0. The SMILES string of the molecule is COc1cccc2c1O[C@@H](c1ccc(O)cc1)N1N=C(c3cc(C)ccc3O)C[C@H]21. The van der Waals surface area contributed by atoms with Crippen LogP contribution in [0.4, 0.5) is 0 Å². The Kier molecular flexibility index (Phi) is 4.28. The minimum Gasteiger partial charge on any atom is -0.508 e. The van der Waals surface area contributed by atoms with Gasteiger partial charge in [0.1, 0.15) is 11.5 Å². The molecule has 0 spiro atoms. The van der Waals surface area contributed by atoms with E-state index in [0.717, 1.165) is 28.0 Å². The molecular weight excluding hydrogens is 380 g/mol. The second kappa shape index (κ2) is 6.99. The van der Waals surface area contributed by atoms with Gasteiger partial charge in [-0.1, -0.05) is 23.8 Å². The zero-order valence-corrected chi connectivity index (χ0v) is 16.7. The van der Waals surface area contributed by atoms with Crippen LogP contribution in [-0.2, 0) is 0 Å². The van der Waals surface area contributed by atoms with E-state index < -0.39 is 6.23 Å². The predicted molar refractivity (Wildman–Crippen MR) is 113 cm³/mol. The number of aromatic hydroxyl groups is 2. The number of hydrogen-bond donors (Lipinski definition) is 2. The highest BCUT2D eigenvalue weighted by atomic mass is 16.5. The first kappa shape index (κ1) is 18.4. The van der Waals surface area contributed by atoms with E-state index in [9.17, 15) is 10.2 Å². The third kappa shape index (κ3) is 2.92. The molecule has 0 aliphatic carbocycles. The lowest BCUT2D eigenvalue weighted by Gasteiger charge is -2.38. The number of phenols is 2. The smallest absolute Gasteiger partial charge is 0.214 e. The molecule has 5 rings (SSSR count). The molecule has 30 heavy (non-hydrogen) atoms. The summed E-state index contributed by atoms with van der Waals surface area (Å²) in [7, 11) is 1.63. The number of para-hydroxylation sites is 1. The monoisotopic (exact) mass is 402 g/mol. The van der Waals surface area contributed by atoms with E-state index in [4.69, 9.17) is 14.6 Å². The molecule has 0 amide bonds. The van der Waals surface area contributed by atoms with Crippen LogP contribution in [0, 0.1) is 6.92 Å². The van der Waals surface area contributed by atoms with E-state index in [0.29, 0.717) is 17.9 Å². The zero-order valence-electron chi connectivity index (χ0n) is 16.7. The molecular formula is C24H22N2O4. The van der Waals surface area contributed by atoms with Crippen molar-refractivity contribution in [2.75, 3.05) is 7.11 Å². The van der Waals surface area contributed by atoms with E-state index in [1.807, 2.05) is 54.4 Å². The van der Waals surface area contributed by atoms with Crippen molar-refractivity contribution in [2.45, 2.75) is 25.6 Å². The van der Waals surface area contributed by atoms with Gasteiger partial charge in [0.2, 0.25) is 6.23 Å². The van der Waals surface area contributed by atoms with Crippen LogP contribution in [-0.4, -0.2) is 28.0 Å². The highest BCUT2D eigenvalue weighted by molar-refractivity contribution is 6.04. The number of nitrogens with zero attached hydrogens (tertiary/aromatic N) is 2. The Morgan fingerprint density at radius 1 is 1.07 bits per heavy atom. The Hall–Kier alpha value is -3.67. The Morgan fingerprint density at radius 3 is 2.63 bits per heavy atom.